The van der Waals surface area contributed by atoms with E-state index in [1.165, 1.54) is 9.87 Å². The maximum atomic E-state index is 12.7. The smallest absolute Gasteiger partial charge is 0.252 e. The highest BCUT2D eigenvalue weighted by molar-refractivity contribution is 7.91. The van der Waals surface area contributed by atoms with Crippen molar-refractivity contribution < 1.29 is 17.9 Å². The number of sulfonamides is 1. The predicted molar refractivity (Wildman–Crippen MR) is 115 cm³/mol. The molecule has 1 N–H and O–H groups in total. The van der Waals surface area contributed by atoms with Gasteiger partial charge in [0.25, 0.3) is 10.0 Å². The molecule has 1 aliphatic rings. The third-order valence-electron chi connectivity index (χ3n) is 4.85. The molecule has 6 nitrogen and oxygen atoms in total. The van der Waals surface area contributed by atoms with E-state index in [1.54, 1.807) is 12.1 Å². The fourth-order valence-corrected chi connectivity index (χ4v) is 5.97. The number of thiophene rings is 1. The van der Waals surface area contributed by atoms with Crippen LogP contribution in [0, 0.1) is 0 Å². The van der Waals surface area contributed by atoms with Crippen LogP contribution in [0.15, 0.2) is 40.6 Å². The Morgan fingerprint density at radius 2 is 1.76 bits per heavy atom. The quantitative estimate of drug-likeness (QED) is 0.755. The normalized spacial score (nSPS) is 16.0. The number of hydrogen-bond acceptors (Lipinski definition) is 5. The zero-order valence-electron chi connectivity index (χ0n) is 17.1. The molecule has 2 heterocycles. The molecule has 0 unspecified atom stereocenters. The molecule has 29 heavy (non-hydrogen) atoms. The SMILES string of the molecule is CC(C)(C)c1ccc(CNC(=O)Cc2ccc(S(=O)(=O)N3CCOCC3)s2)cc1. The van der Waals surface area contributed by atoms with Gasteiger partial charge in [0, 0.05) is 24.5 Å². The monoisotopic (exact) mass is 436 g/mol. The Labute approximate surface area is 176 Å². The third kappa shape index (κ3) is 5.66. The molecule has 1 aromatic carbocycles. The third-order valence-corrected chi connectivity index (χ3v) is 8.30. The zero-order valence-corrected chi connectivity index (χ0v) is 18.7. The molecule has 2 aromatic rings. The molecule has 1 aromatic heterocycles. The van der Waals surface area contributed by atoms with Crippen LogP contribution >= 0.6 is 11.3 Å². The number of carbonyl (C=O) groups excluding carboxylic acids is 1. The molecule has 1 amide bonds. The lowest BCUT2D eigenvalue weighted by atomic mass is 9.87. The molecule has 0 bridgehead atoms. The van der Waals surface area contributed by atoms with Crippen molar-refractivity contribution in [1.29, 1.82) is 0 Å². The van der Waals surface area contributed by atoms with Crippen molar-refractivity contribution in [2.45, 2.75) is 43.4 Å². The highest BCUT2D eigenvalue weighted by Crippen LogP contribution is 2.26. The van der Waals surface area contributed by atoms with Gasteiger partial charge in [-0.25, -0.2) is 8.42 Å². The standard InChI is InChI=1S/C21H28N2O4S2/c1-21(2,3)17-6-4-16(5-7-17)15-22-19(24)14-18-8-9-20(28-18)29(25,26)23-10-12-27-13-11-23/h4-9H,10-15H2,1-3H3,(H,22,24). The van der Waals surface area contributed by atoms with E-state index in [0.717, 1.165) is 21.8 Å². The van der Waals surface area contributed by atoms with E-state index in [2.05, 4.69) is 38.2 Å². The summed E-state index contributed by atoms with van der Waals surface area (Å²) in [6.45, 7) is 8.50. The average Bonchev–Trinajstić information content (AvgIpc) is 3.16. The van der Waals surface area contributed by atoms with E-state index in [0.29, 0.717) is 32.8 Å². The largest absolute Gasteiger partial charge is 0.379 e. The number of amides is 1. The van der Waals surface area contributed by atoms with Gasteiger partial charge in [-0.3, -0.25) is 4.79 Å². The van der Waals surface area contributed by atoms with Gasteiger partial charge in [0.15, 0.2) is 0 Å². The second-order valence-electron chi connectivity index (χ2n) is 8.14. The Balaban J connectivity index is 1.55. The van der Waals surface area contributed by atoms with Crippen molar-refractivity contribution in [3.63, 3.8) is 0 Å². The van der Waals surface area contributed by atoms with Crippen LogP contribution in [0.4, 0.5) is 0 Å². The summed E-state index contributed by atoms with van der Waals surface area (Å²) < 4.78 is 32.3. The molecule has 0 radical (unpaired) electrons. The van der Waals surface area contributed by atoms with Gasteiger partial charge in [0.2, 0.25) is 5.91 Å². The summed E-state index contributed by atoms with van der Waals surface area (Å²) in [4.78, 5) is 13.0. The Hall–Kier alpha value is -1.74. The molecule has 0 spiro atoms. The van der Waals surface area contributed by atoms with Gasteiger partial charge in [0.1, 0.15) is 4.21 Å². The lowest BCUT2D eigenvalue weighted by molar-refractivity contribution is -0.120. The number of nitrogens with zero attached hydrogens (tertiary/aromatic N) is 1. The summed E-state index contributed by atoms with van der Waals surface area (Å²) in [6, 6.07) is 11.5. The molecule has 0 aliphatic carbocycles. The molecule has 8 heteroatoms. The van der Waals surface area contributed by atoms with Crippen LogP contribution < -0.4 is 5.32 Å². The van der Waals surface area contributed by atoms with Crippen molar-refractivity contribution in [3.8, 4) is 0 Å². The van der Waals surface area contributed by atoms with E-state index in [4.69, 9.17) is 4.74 Å². The van der Waals surface area contributed by atoms with Crippen molar-refractivity contribution >= 4 is 27.3 Å². The number of nitrogens with one attached hydrogen (secondary N) is 1. The zero-order chi connectivity index (χ0) is 21.1. The average molecular weight is 437 g/mol. The topological polar surface area (TPSA) is 75.7 Å². The van der Waals surface area contributed by atoms with Crippen molar-refractivity contribution in [3.05, 3.63) is 52.4 Å². The minimum Gasteiger partial charge on any atom is -0.379 e. The van der Waals surface area contributed by atoms with Gasteiger partial charge in [-0.2, -0.15) is 4.31 Å². The van der Waals surface area contributed by atoms with E-state index >= 15 is 0 Å². The summed E-state index contributed by atoms with van der Waals surface area (Å²) in [5, 5.41) is 2.91. The Morgan fingerprint density at radius 3 is 2.38 bits per heavy atom. The first kappa shape index (κ1) is 22.0. The summed E-state index contributed by atoms with van der Waals surface area (Å²) in [5.41, 5.74) is 2.38. The van der Waals surface area contributed by atoms with Gasteiger partial charge < -0.3 is 10.1 Å². The second-order valence-corrected chi connectivity index (χ2v) is 11.5. The number of rotatable bonds is 6. The summed E-state index contributed by atoms with van der Waals surface area (Å²) in [6.07, 6.45) is 0.170. The Bertz CT molecular complexity index is 938. The van der Waals surface area contributed by atoms with Crippen molar-refractivity contribution in [2.75, 3.05) is 26.3 Å². The lowest BCUT2D eigenvalue weighted by Gasteiger charge is -2.25. The number of benzene rings is 1. The summed E-state index contributed by atoms with van der Waals surface area (Å²) >= 11 is 1.16. The van der Waals surface area contributed by atoms with Gasteiger partial charge in [0.05, 0.1) is 19.6 Å². The van der Waals surface area contributed by atoms with Crippen LogP contribution in [0.3, 0.4) is 0 Å². The Morgan fingerprint density at radius 1 is 1.10 bits per heavy atom. The molecule has 3 rings (SSSR count). The molecular weight excluding hydrogens is 408 g/mol. The fraction of sp³-hybridized carbons (Fsp3) is 0.476. The molecule has 158 valence electrons. The number of hydrogen-bond donors (Lipinski definition) is 1. The minimum atomic E-state index is -3.51. The number of ether oxygens (including phenoxy) is 1. The molecule has 1 saturated heterocycles. The maximum Gasteiger partial charge on any atom is 0.252 e. The maximum absolute atomic E-state index is 12.7. The molecular formula is C21H28N2O4S2. The van der Waals surface area contributed by atoms with Crippen molar-refractivity contribution in [1.82, 2.24) is 9.62 Å². The number of morpholine rings is 1. The van der Waals surface area contributed by atoms with Crippen LogP contribution in [-0.4, -0.2) is 44.9 Å². The predicted octanol–water partition coefficient (Wildman–Crippen LogP) is 2.93. The van der Waals surface area contributed by atoms with E-state index < -0.39 is 10.0 Å². The first-order valence-electron chi connectivity index (χ1n) is 9.69. The van der Waals surface area contributed by atoms with Crippen LogP contribution in [0.1, 0.15) is 36.8 Å². The highest BCUT2D eigenvalue weighted by Gasteiger charge is 2.27. The van der Waals surface area contributed by atoms with Crippen LogP contribution in [-0.2, 0) is 37.9 Å². The fourth-order valence-electron chi connectivity index (χ4n) is 3.05. The molecule has 1 fully saturated rings. The van der Waals surface area contributed by atoms with Crippen LogP contribution in [0.25, 0.3) is 0 Å². The second kappa shape index (κ2) is 8.95. The van der Waals surface area contributed by atoms with E-state index in [1.807, 2.05) is 12.1 Å². The minimum absolute atomic E-state index is 0.0974. The van der Waals surface area contributed by atoms with Gasteiger partial charge in [-0.05, 0) is 28.7 Å². The summed E-state index contributed by atoms with van der Waals surface area (Å²) in [7, 11) is -3.51. The van der Waals surface area contributed by atoms with Crippen molar-refractivity contribution in [2.24, 2.45) is 0 Å². The van der Waals surface area contributed by atoms with Crippen LogP contribution in [0.2, 0.25) is 0 Å². The van der Waals surface area contributed by atoms with Crippen LogP contribution in [0.5, 0.6) is 0 Å². The van der Waals surface area contributed by atoms with E-state index in [9.17, 15) is 13.2 Å². The van der Waals surface area contributed by atoms with Gasteiger partial charge >= 0.3 is 0 Å². The summed E-state index contributed by atoms with van der Waals surface area (Å²) in [5.74, 6) is -0.123. The van der Waals surface area contributed by atoms with Gasteiger partial charge in [-0.1, -0.05) is 45.0 Å². The molecule has 0 atom stereocenters. The highest BCUT2D eigenvalue weighted by atomic mass is 32.2. The molecule has 0 saturated carbocycles. The van der Waals surface area contributed by atoms with E-state index in [-0.39, 0.29) is 22.0 Å². The Kier molecular flexibility index (Phi) is 6.78. The number of carbonyl (C=O) groups is 1. The lowest BCUT2D eigenvalue weighted by Crippen LogP contribution is -2.40. The molecule has 1 aliphatic heterocycles. The first-order chi connectivity index (χ1) is 13.7. The van der Waals surface area contributed by atoms with Gasteiger partial charge in [-0.15, -0.1) is 11.3 Å². The first-order valence-corrected chi connectivity index (χ1v) is 11.9.